The van der Waals surface area contributed by atoms with Gasteiger partial charge in [0, 0.05) is 30.7 Å². The van der Waals surface area contributed by atoms with E-state index in [-0.39, 0.29) is 17.6 Å². The van der Waals surface area contributed by atoms with Crippen molar-refractivity contribution in [2.45, 2.75) is 59.0 Å². The molecule has 36 heavy (non-hydrogen) atoms. The van der Waals surface area contributed by atoms with Gasteiger partial charge in [0.1, 0.15) is 0 Å². The molecule has 9 nitrogen and oxygen atoms in total. The molecule has 1 fully saturated rings. The van der Waals surface area contributed by atoms with Crippen molar-refractivity contribution >= 4 is 23.6 Å². The number of benzene rings is 1. The molecular formula is C27H41N7O2. The largest absolute Gasteiger partial charge is 0.478 e. The third-order valence-electron chi connectivity index (χ3n) is 6.73. The van der Waals surface area contributed by atoms with Gasteiger partial charge in [-0.15, -0.1) is 0 Å². The minimum atomic E-state index is -0.930. The van der Waals surface area contributed by atoms with Crippen molar-refractivity contribution in [2.75, 3.05) is 31.5 Å². The van der Waals surface area contributed by atoms with Gasteiger partial charge in [-0.2, -0.15) is 0 Å². The number of nitrogens with zero attached hydrogens (tertiary/aromatic N) is 3. The number of fused-ring (bicyclic) bond motifs is 3. The summed E-state index contributed by atoms with van der Waals surface area (Å²) in [6, 6.07) is 5.54. The first kappa shape index (κ1) is 27.1. The molecule has 3 atom stereocenters. The van der Waals surface area contributed by atoms with Crippen LogP contribution in [0, 0.1) is 5.92 Å². The van der Waals surface area contributed by atoms with Crippen molar-refractivity contribution in [3.63, 3.8) is 0 Å². The van der Waals surface area contributed by atoms with Gasteiger partial charge in [0.15, 0.2) is 11.9 Å². The maximum absolute atomic E-state index is 11.7. The fourth-order valence-electron chi connectivity index (χ4n) is 4.89. The van der Waals surface area contributed by atoms with Crippen molar-refractivity contribution in [3.05, 3.63) is 52.6 Å². The van der Waals surface area contributed by atoms with Crippen LogP contribution in [0.25, 0.3) is 0 Å². The maximum atomic E-state index is 11.7. The number of carboxylic acids is 1. The molecule has 196 valence electrons. The van der Waals surface area contributed by atoms with Crippen LogP contribution in [0.1, 0.15) is 68.9 Å². The molecule has 0 bridgehead atoms. The number of nitrogens with two attached hydrogens (primary N) is 2. The summed E-state index contributed by atoms with van der Waals surface area (Å²) in [6.45, 7) is 10.8. The minimum Gasteiger partial charge on any atom is -0.478 e. The number of guanidine groups is 2. The van der Waals surface area contributed by atoms with Crippen LogP contribution in [0.2, 0.25) is 0 Å². The van der Waals surface area contributed by atoms with Crippen molar-refractivity contribution in [2.24, 2.45) is 27.4 Å². The average Bonchev–Trinajstić information content (AvgIpc) is 3.27. The van der Waals surface area contributed by atoms with E-state index in [1.165, 1.54) is 11.1 Å². The molecule has 1 aromatic rings. The van der Waals surface area contributed by atoms with Crippen LogP contribution in [-0.4, -0.2) is 60.1 Å². The standard InChI is InChI=1S/C27H41N7O2/c1-17(2)9-13-31-26(28)30-12-5-6-22-20-11-15-34(27(29)32-14-10-18(3)4)24(20)21-16-19(25(35)36)7-8-23(21)33-22/h7-10,16,20,22,24,33H,5-6,11-15H2,1-4H3,(H2,29,32)(H,35,36)(H3,28,30,31). The summed E-state index contributed by atoms with van der Waals surface area (Å²) in [6.07, 6.45) is 6.90. The Morgan fingerprint density at radius 3 is 2.53 bits per heavy atom. The number of aliphatic imine (C=N–C) groups is 2. The van der Waals surface area contributed by atoms with Gasteiger partial charge in [-0.05, 0) is 70.7 Å². The zero-order chi connectivity index (χ0) is 26.2. The van der Waals surface area contributed by atoms with Crippen LogP contribution < -0.4 is 22.1 Å². The lowest BCUT2D eigenvalue weighted by molar-refractivity contribution is 0.0696. The molecular weight excluding hydrogens is 454 g/mol. The summed E-state index contributed by atoms with van der Waals surface area (Å²) >= 11 is 0. The molecule has 0 amide bonds. The molecule has 2 aliphatic rings. The maximum Gasteiger partial charge on any atom is 0.335 e. The van der Waals surface area contributed by atoms with Gasteiger partial charge in [-0.1, -0.05) is 23.3 Å². The molecule has 0 spiro atoms. The quantitative estimate of drug-likeness (QED) is 0.153. The molecule has 2 heterocycles. The van der Waals surface area contributed by atoms with Gasteiger partial charge < -0.3 is 32.1 Å². The second-order valence-electron chi connectivity index (χ2n) is 10.0. The fourth-order valence-corrected chi connectivity index (χ4v) is 4.89. The number of rotatable bonds is 9. The molecule has 0 aromatic heterocycles. The van der Waals surface area contributed by atoms with Gasteiger partial charge in [0.05, 0.1) is 24.7 Å². The highest BCUT2D eigenvalue weighted by Crippen LogP contribution is 2.47. The number of nitrogens with one attached hydrogen (secondary N) is 2. The molecule has 0 aliphatic carbocycles. The van der Waals surface area contributed by atoms with Crippen LogP contribution >= 0.6 is 0 Å². The number of carboxylic acid groups (broad SMARTS) is 1. The number of carbonyl (C=O) groups is 1. The van der Waals surface area contributed by atoms with Crippen LogP contribution in [-0.2, 0) is 0 Å². The lowest BCUT2D eigenvalue weighted by Crippen LogP contribution is -2.44. The fraction of sp³-hybridized carbons (Fsp3) is 0.519. The van der Waals surface area contributed by atoms with Gasteiger partial charge in [-0.3, -0.25) is 0 Å². The number of anilines is 1. The molecule has 2 aliphatic heterocycles. The van der Waals surface area contributed by atoms with E-state index in [0.29, 0.717) is 30.9 Å². The monoisotopic (exact) mass is 495 g/mol. The van der Waals surface area contributed by atoms with Gasteiger partial charge >= 0.3 is 5.97 Å². The summed E-state index contributed by atoms with van der Waals surface area (Å²) in [5, 5.41) is 16.5. The topological polar surface area (TPSA) is 141 Å². The van der Waals surface area contributed by atoms with E-state index in [2.05, 4.69) is 25.5 Å². The lowest BCUT2D eigenvalue weighted by atomic mass is 9.80. The van der Waals surface area contributed by atoms with E-state index in [0.717, 1.165) is 43.6 Å². The van der Waals surface area contributed by atoms with Crippen molar-refractivity contribution in [3.8, 4) is 0 Å². The Morgan fingerprint density at radius 2 is 1.86 bits per heavy atom. The van der Waals surface area contributed by atoms with E-state index in [1.807, 2.05) is 45.9 Å². The average molecular weight is 496 g/mol. The molecule has 1 aromatic carbocycles. The Morgan fingerprint density at radius 1 is 1.17 bits per heavy atom. The van der Waals surface area contributed by atoms with Crippen molar-refractivity contribution in [1.29, 1.82) is 0 Å². The smallest absolute Gasteiger partial charge is 0.335 e. The Labute approximate surface area is 214 Å². The Balaban J connectivity index is 1.74. The summed E-state index contributed by atoms with van der Waals surface area (Å²) < 4.78 is 0. The minimum absolute atomic E-state index is 0.00957. The predicted molar refractivity (Wildman–Crippen MR) is 147 cm³/mol. The molecule has 3 unspecified atom stereocenters. The van der Waals surface area contributed by atoms with Crippen LogP contribution in [0.4, 0.5) is 5.69 Å². The Kier molecular flexibility index (Phi) is 9.38. The molecule has 7 N–H and O–H groups in total. The first-order valence-electron chi connectivity index (χ1n) is 12.7. The molecule has 3 rings (SSSR count). The number of hydrogen-bond acceptors (Lipinski definition) is 4. The molecule has 9 heteroatoms. The normalized spacial score (nSPS) is 21.2. The van der Waals surface area contributed by atoms with Crippen molar-refractivity contribution in [1.82, 2.24) is 10.2 Å². The van der Waals surface area contributed by atoms with E-state index in [9.17, 15) is 9.90 Å². The lowest BCUT2D eigenvalue weighted by Gasteiger charge is -2.40. The van der Waals surface area contributed by atoms with Gasteiger partial charge in [0.25, 0.3) is 0 Å². The van der Waals surface area contributed by atoms with Gasteiger partial charge in [-0.25, -0.2) is 14.8 Å². The predicted octanol–water partition coefficient (Wildman–Crippen LogP) is 3.47. The number of allylic oxidation sites excluding steroid dienone is 2. The summed E-state index contributed by atoms with van der Waals surface area (Å²) in [7, 11) is 0. The first-order valence-corrected chi connectivity index (χ1v) is 12.7. The highest BCUT2D eigenvalue weighted by atomic mass is 16.4. The molecule has 0 radical (unpaired) electrons. The van der Waals surface area contributed by atoms with E-state index in [1.54, 1.807) is 12.1 Å². The van der Waals surface area contributed by atoms with E-state index in [4.69, 9.17) is 11.5 Å². The van der Waals surface area contributed by atoms with Crippen LogP contribution in [0.15, 0.2) is 51.5 Å². The second-order valence-corrected chi connectivity index (χ2v) is 10.0. The number of hydrogen-bond donors (Lipinski definition) is 5. The zero-order valence-electron chi connectivity index (χ0n) is 21.9. The SMILES string of the molecule is CC(C)=CCN=C(N)NCCCC1Nc2ccc(C(=O)O)cc2C2C1CCN2C(N)=NCC=C(C)C. The number of likely N-dealkylation sites (tertiary alicyclic amines) is 1. The molecule has 0 saturated carbocycles. The Hall–Kier alpha value is -3.49. The highest BCUT2D eigenvalue weighted by Gasteiger charge is 2.44. The Bertz CT molecular complexity index is 1050. The zero-order valence-corrected chi connectivity index (χ0v) is 21.9. The van der Waals surface area contributed by atoms with E-state index >= 15 is 0 Å². The highest BCUT2D eigenvalue weighted by molar-refractivity contribution is 5.89. The summed E-state index contributed by atoms with van der Waals surface area (Å²) in [5.41, 5.74) is 17.1. The first-order chi connectivity index (χ1) is 17.2. The van der Waals surface area contributed by atoms with E-state index < -0.39 is 5.97 Å². The third-order valence-corrected chi connectivity index (χ3v) is 6.73. The third kappa shape index (κ3) is 7.02. The van der Waals surface area contributed by atoms with Crippen LogP contribution in [0.3, 0.4) is 0 Å². The summed E-state index contributed by atoms with van der Waals surface area (Å²) in [5.74, 6) is 0.332. The van der Waals surface area contributed by atoms with Crippen LogP contribution in [0.5, 0.6) is 0 Å². The van der Waals surface area contributed by atoms with Gasteiger partial charge in [0.2, 0.25) is 0 Å². The molecule has 1 saturated heterocycles. The van der Waals surface area contributed by atoms with Crippen molar-refractivity contribution < 1.29 is 9.90 Å². The summed E-state index contributed by atoms with van der Waals surface area (Å²) in [4.78, 5) is 22.7. The number of aromatic carboxylic acids is 1. The second kappa shape index (κ2) is 12.5.